The van der Waals surface area contributed by atoms with Crippen molar-refractivity contribution in [2.75, 3.05) is 24.6 Å². The van der Waals surface area contributed by atoms with Crippen LogP contribution in [-0.2, 0) is 4.79 Å². The maximum absolute atomic E-state index is 13.0. The van der Waals surface area contributed by atoms with Crippen LogP contribution in [0.4, 0.5) is 5.69 Å². The lowest BCUT2D eigenvalue weighted by atomic mass is 9.86. The molecule has 0 saturated carbocycles. The van der Waals surface area contributed by atoms with Crippen LogP contribution in [0.15, 0.2) is 59.1 Å². The van der Waals surface area contributed by atoms with Gasteiger partial charge in [-0.25, -0.2) is 0 Å². The zero-order valence-corrected chi connectivity index (χ0v) is 16.7. The molecule has 1 saturated heterocycles. The van der Waals surface area contributed by atoms with Crippen molar-refractivity contribution in [2.24, 2.45) is 0 Å². The highest BCUT2D eigenvalue weighted by Crippen LogP contribution is 2.43. The number of fused-ring (bicyclic) bond motifs is 1. The van der Waals surface area contributed by atoms with Crippen LogP contribution in [0.5, 0.6) is 5.75 Å². The number of aryl methyl sites for hydroxylation is 1. The zero-order valence-electron chi connectivity index (χ0n) is 15.9. The molecule has 2 heterocycles. The molecule has 0 N–H and O–H groups in total. The smallest absolute Gasteiger partial charge is 0.229 e. The lowest BCUT2D eigenvalue weighted by Crippen LogP contribution is -2.47. The number of rotatable bonds is 3. The quantitative estimate of drug-likeness (QED) is 0.784. The van der Waals surface area contributed by atoms with Gasteiger partial charge in [0, 0.05) is 18.0 Å². The summed E-state index contributed by atoms with van der Waals surface area (Å²) in [4.78, 5) is 16.9. The first-order chi connectivity index (χ1) is 13.6. The SMILES string of the molecule is COc1cccc(C2CC(=O)N3CN(c4ccc(C)cc4)CSC3=C2C#N)c1. The molecule has 4 rings (SSSR count). The minimum Gasteiger partial charge on any atom is -0.497 e. The van der Waals surface area contributed by atoms with Crippen LogP contribution in [0.1, 0.15) is 23.5 Å². The van der Waals surface area contributed by atoms with Crippen LogP contribution in [0.2, 0.25) is 0 Å². The third-order valence-corrected chi connectivity index (χ3v) is 6.34. The molecule has 2 aromatic rings. The summed E-state index contributed by atoms with van der Waals surface area (Å²) < 4.78 is 5.31. The van der Waals surface area contributed by atoms with Gasteiger partial charge in [0.15, 0.2) is 0 Å². The van der Waals surface area contributed by atoms with E-state index in [4.69, 9.17) is 4.74 Å². The number of hydrogen-bond acceptors (Lipinski definition) is 5. The van der Waals surface area contributed by atoms with Crippen molar-refractivity contribution in [1.29, 1.82) is 5.26 Å². The summed E-state index contributed by atoms with van der Waals surface area (Å²) in [5, 5.41) is 10.7. The number of nitriles is 1. The standard InChI is InChI=1S/C22H21N3O2S/c1-15-6-8-17(9-7-15)24-13-25-21(26)11-19(20(12-23)22(25)28-14-24)16-4-3-5-18(10-16)27-2/h3-10,19H,11,13-14H2,1-2H3. The number of anilines is 1. The Bertz CT molecular complexity index is 978. The van der Waals surface area contributed by atoms with Gasteiger partial charge in [0.2, 0.25) is 5.91 Å². The second kappa shape index (κ2) is 7.61. The van der Waals surface area contributed by atoms with Crippen molar-refractivity contribution < 1.29 is 9.53 Å². The normalized spacial score (nSPS) is 19.3. The zero-order chi connectivity index (χ0) is 19.7. The van der Waals surface area contributed by atoms with Crippen molar-refractivity contribution in [3.05, 3.63) is 70.3 Å². The van der Waals surface area contributed by atoms with Crippen molar-refractivity contribution in [1.82, 2.24) is 4.90 Å². The molecule has 1 atom stereocenters. The number of benzene rings is 2. The third-order valence-electron chi connectivity index (χ3n) is 5.19. The number of ether oxygens (including phenoxy) is 1. The predicted molar refractivity (Wildman–Crippen MR) is 111 cm³/mol. The average Bonchev–Trinajstić information content (AvgIpc) is 2.74. The Hall–Kier alpha value is -2.91. The number of thioether (sulfide) groups is 1. The molecule has 0 aromatic heterocycles. The van der Waals surface area contributed by atoms with Gasteiger partial charge in [-0.2, -0.15) is 5.26 Å². The molecule has 1 fully saturated rings. The Morgan fingerprint density at radius 1 is 1.21 bits per heavy atom. The van der Waals surface area contributed by atoms with E-state index < -0.39 is 0 Å². The van der Waals surface area contributed by atoms with Crippen LogP contribution in [0, 0.1) is 18.3 Å². The van der Waals surface area contributed by atoms with Gasteiger partial charge in [0.05, 0.1) is 36.3 Å². The number of allylic oxidation sites excluding steroid dienone is 1. The highest BCUT2D eigenvalue weighted by Gasteiger charge is 2.38. The molecule has 5 nitrogen and oxygen atoms in total. The molecule has 2 aliphatic rings. The van der Waals surface area contributed by atoms with Crippen LogP contribution in [-0.4, -0.2) is 30.5 Å². The number of amides is 1. The van der Waals surface area contributed by atoms with E-state index >= 15 is 0 Å². The average molecular weight is 391 g/mol. The van der Waals surface area contributed by atoms with E-state index in [0.29, 0.717) is 24.5 Å². The fourth-order valence-electron chi connectivity index (χ4n) is 3.62. The summed E-state index contributed by atoms with van der Waals surface area (Å²) in [6, 6.07) is 18.3. The minimum absolute atomic E-state index is 0.0473. The predicted octanol–water partition coefficient (Wildman–Crippen LogP) is 4.22. The number of carbonyl (C=O) groups is 1. The van der Waals surface area contributed by atoms with E-state index in [1.807, 2.05) is 24.3 Å². The van der Waals surface area contributed by atoms with Gasteiger partial charge in [-0.3, -0.25) is 9.69 Å². The van der Waals surface area contributed by atoms with Crippen molar-refractivity contribution in [3.8, 4) is 11.8 Å². The molecular formula is C22H21N3O2S. The van der Waals surface area contributed by atoms with Crippen molar-refractivity contribution in [2.45, 2.75) is 19.3 Å². The first-order valence-electron chi connectivity index (χ1n) is 9.13. The maximum Gasteiger partial charge on any atom is 0.229 e. The van der Waals surface area contributed by atoms with Crippen LogP contribution >= 0.6 is 11.8 Å². The first-order valence-corrected chi connectivity index (χ1v) is 10.1. The van der Waals surface area contributed by atoms with Crippen LogP contribution in [0.3, 0.4) is 0 Å². The third kappa shape index (κ3) is 3.34. The minimum atomic E-state index is -0.225. The van der Waals surface area contributed by atoms with E-state index in [1.54, 1.807) is 23.8 Å². The topological polar surface area (TPSA) is 56.6 Å². The Labute approximate surface area is 169 Å². The fraction of sp³-hybridized carbons (Fsp3) is 0.273. The van der Waals surface area contributed by atoms with Gasteiger partial charge in [-0.05, 0) is 36.8 Å². The maximum atomic E-state index is 13.0. The molecular weight excluding hydrogens is 370 g/mol. The first kappa shape index (κ1) is 18.5. The largest absolute Gasteiger partial charge is 0.497 e. The fourth-order valence-corrected chi connectivity index (χ4v) is 4.79. The van der Waals surface area contributed by atoms with Gasteiger partial charge < -0.3 is 9.64 Å². The van der Waals surface area contributed by atoms with E-state index in [0.717, 1.165) is 22.0 Å². The molecule has 6 heteroatoms. The number of methoxy groups -OCH3 is 1. The van der Waals surface area contributed by atoms with Crippen LogP contribution in [0.25, 0.3) is 0 Å². The molecule has 0 spiro atoms. The molecule has 0 bridgehead atoms. The van der Waals surface area contributed by atoms with Gasteiger partial charge in [0.25, 0.3) is 0 Å². The van der Waals surface area contributed by atoms with Gasteiger partial charge in [-0.1, -0.05) is 41.6 Å². The highest BCUT2D eigenvalue weighted by molar-refractivity contribution is 8.03. The number of nitrogens with zero attached hydrogens (tertiary/aromatic N) is 3. The van der Waals surface area contributed by atoms with Gasteiger partial charge >= 0.3 is 0 Å². The molecule has 0 aliphatic carbocycles. The Kier molecular flexibility index (Phi) is 5.01. The summed E-state index contributed by atoms with van der Waals surface area (Å²) in [6.07, 6.45) is 0.294. The van der Waals surface area contributed by atoms with E-state index in [9.17, 15) is 10.1 Å². The number of hydrogen-bond donors (Lipinski definition) is 0. The van der Waals surface area contributed by atoms with Crippen LogP contribution < -0.4 is 9.64 Å². The summed E-state index contributed by atoms with van der Waals surface area (Å²) in [5.41, 5.74) is 3.90. The Balaban J connectivity index is 1.66. The van der Waals surface area contributed by atoms with Gasteiger partial charge in [0.1, 0.15) is 5.75 Å². The summed E-state index contributed by atoms with van der Waals surface area (Å²) in [7, 11) is 1.62. The molecule has 28 heavy (non-hydrogen) atoms. The molecule has 142 valence electrons. The molecule has 1 amide bonds. The molecule has 0 radical (unpaired) electrons. The second-order valence-electron chi connectivity index (χ2n) is 6.98. The van der Waals surface area contributed by atoms with Gasteiger partial charge in [-0.15, -0.1) is 0 Å². The molecule has 2 aromatic carbocycles. The highest BCUT2D eigenvalue weighted by atomic mass is 32.2. The molecule has 2 aliphatic heterocycles. The Morgan fingerprint density at radius 2 is 2.00 bits per heavy atom. The van der Waals surface area contributed by atoms with E-state index in [1.165, 1.54) is 5.56 Å². The number of carbonyl (C=O) groups excluding carboxylic acids is 1. The second-order valence-corrected chi connectivity index (χ2v) is 7.91. The monoisotopic (exact) mass is 391 g/mol. The van der Waals surface area contributed by atoms with Crippen molar-refractivity contribution >= 4 is 23.4 Å². The molecule has 1 unspecified atom stereocenters. The lowest BCUT2D eigenvalue weighted by Gasteiger charge is -2.42. The summed E-state index contributed by atoms with van der Waals surface area (Å²) in [6.45, 7) is 2.53. The Morgan fingerprint density at radius 3 is 2.71 bits per heavy atom. The van der Waals surface area contributed by atoms with Crippen molar-refractivity contribution in [3.63, 3.8) is 0 Å². The lowest BCUT2D eigenvalue weighted by molar-refractivity contribution is -0.129. The summed E-state index contributed by atoms with van der Waals surface area (Å²) in [5.74, 6) is 1.26. The van der Waals surface area contributed by atoms with E-state index in [-0.39, 0.29) is 11.8 Å². The van der Waals surface area contributed by atoms with E-state index in [2.05, 4.69) is 42.2 Å². The summed E-state index contributed by atoms with van der Waals surface area (Å²) >= 11 is 1.56.